The number of rotatable bonds is 6. The first kappa shape index (κ1) is 16.7. The van der Waals surface area contributed by atoms with Gasteiger partial charge in [0.05, 0.1) is 24.3 Å². The fraction of sp³-hybridized carbons (Fsp3) is 0.278. The smallest absolute Gasteiger partial charge is 0.252 e. The Labute approximate surface area is 139 Å². The molecule has 2 aromatic rings. The quantitative estimate of drug-likeness (QED) is 0.838. The van der Waals surface area contributed by atoms with Crippen molar-refractivity contribution in [1.82, 2.24) is 5.32 Å². The predicted molar refractivity (Wildman–Crippen MR) is 91.8 cm³/mol. The maximum Gasteiger partial charge on any atom is 0.252 e. The molecule has 2 aromatic carbocycles. The number of carbonyl (C=O) groups is 1. The molecule has 0 unspecified atom stereocenters. The molecule has 0 aliphatic rings. The molecule has 0 heterocycles. The molecule has 0 saturated carbocycles. The van der Waals surface area contributed by atoms with Gasteiger partial charge in [0.2, 0.25) is 0 Å². The van der Waals surface area contributed by atoms with E-state index in [2.05, 4.69) is 21.2 Å². The molecule has 0 spiro atoms. The van der Waals surface area contributed by atoms with Crippen molar-refractivity contribution in [2.75, 3.05) is 6.61 Å². The van der Waals surface area contributed by atoms with Gasteiger partial charge in [-0.25, -0.2) is 0 Å². The number of amides is 1. The maximum atomic E-state index is 12.3. The van der Waals surface area contributed by atoms with E-state index >= 15 is 0 Å². The van der Waals surface area contributed by atoms with Gasteiger partial charge in [-0.3, -0.25) is 4.79 Å². The molecule has 0 radical (unpaired) electrons. The lowest BCUT2D eigenvalue weighted by Gasteiger charge is -2.26. The zero-order valence-electron chi connectivity index (χ0n) is 12.8. The molecule has 4 heteroatoms. The highest BCUT2D eigenvalue weighted by Crippen LogP contribution is 2.17. The molecule has 0 aromatic heterocycles. The standard InChI is InChI=1S/C18H20BrNO2/c1-18(2,13-22-12-14-8-4-3-5-9-14)20-17(21)15-10-6-7-11-16(15)19/h3-11H,12-13H2,1-2H3,(H,20,21). The average Bonchev–Trinajstić information content (AvgIpc) is 2.48. The SMILES string of the molecule is CC(C)(COCc1ccccc1)NC(=O)c1ccccc1Br. The fourth-order valence-electron chi connectivity index (χ4n) is 2.05. The van der Waals surface area contributed by atoms with Crippen LogP contribution in [0.4, 0.5) is 0 Å². The zero-order valence-corrected chi connectivity index (χ0v) is 14.4. The van der Waals surface area contributed by atoms with Crippen molar-refractivity contribution in [3.05, 3.63) is 70.2 Å². The van der Waals surface area contributed by atoms with E-state index in [1.807, 2.05) is 62.4 Å². The van der Waals surface area contributed by atoms with Crippen LogP contribution in [0.2, 0.25) is 0 Å². The van der Waals surface area contributed by atoms with Gasteiger partial charge in [0.25, 0.3) is 5.91 Å². The maximum absolute atomic E-state index is 12.3. The van der Waals surface area contributed by atoms with E-state index in [9.17, 15) is 4.79 Å². The van der Waals surface area contributed by atoms with Gasteiger partial charge in [-0.05, 0) is 47.5 Å². The fourth-order valence-corrected chi connectivity index (χ4v) is 2.52. The molecule has 3 nitrogen and oxygen atoms in total. The van der Waals surface area contributed by atoms with Gasteiger partial charge < -0.3 is 10.1 Å². The number of nitrogens with one attached hydrogen (secondary N) is 1. The molecule has 1 N–H and O–H groups in total. The summed E-state index contributed by atoms with van der Waals surface area (Å²) in [5.74, 6) is -0.110. The minimum Gasteiger partial charge on any atom is -0.374 e. The van der Waals surface area contributed by atoms with Crippen molar-refractivity contribution in [3.8, 4) is 0 Å². The Kier molecular flexibility index (Phi) is 5.75. The number of carbonyl (C=O) groups excluding carboxylic acids is 1. The minimum absolute atomic E-state index is 0.110. The molecule has 0 aliphatic carbocycles. The van der Waals surface area contributed by atoms with Crippen molar-refractivity contribution < 1.29 is 9.53 Å². The van der Waals surface area contributed by atoms with Gasteiger partial charge in [-0.1, -0.05) is 42.5 Å². The normalized spacial score (nSPS) is 11.2. The van der Waals surface area contributed by atoms with Crippen LogP contribution < -0.4 is 5.32 Å². The molecule has 0 saturated heterocycles. The van der Waals surface area contributed by atoms with E-state index in [1.54, 1.807) is 6.07 Å². The summed E-state index contributed by atoms with van der Waals surface area (Å²) in [6, 6.07) is 17.4. The van der Waals surface area contributed by atoms with Crippen molar-refractivity contribution in [1.29, 1.82) is 0 Å². The Bertz CT molecular complexity index is 626. The van der Waals surface area contributed by atoms with Crippen LogP contribution in [0.3, 0.4) is 0 Å². The summed E-state index contributed by atoms with van der Waals surface area (Å²) in [7, 11) is 0. The predicted octanol–water partition coefficient (Wildman–Crippen LogP) is 4.17. The lowest BCUT2D eigenvalue weighted by atomic mass is 10.1. The first-order chi connectivity index (χ1) is 10.5. The summed E-state index contributed by atoms with van der Waals surface area (Å²) in [4.78, 5) is 12.3. The van der Waals surface area contributed by atoms with Gasteiger partial charge in [0.1, 0.15) is 0 Å². The monoisotopic (exact) mass is 361 g/mol. The summed E-state index contributed by atoms with van der Waals surface area (Å²) < 4.78 is 6.51. The summed E-state index contributed by atoms with van der Waals surface area (Å²) in [5, 5.41) is 3.01. The third kappa shape index (κ3) is 4.97. The number of halogens is 1. The molecule has 22 heavy (non-hydrogen) atoms. The van der Waals surface area contributed by atoms with E-state index in [4.69, 9.17) is 4.74 Å². The highest BCUT2D eigenvalue weighted by atomic mass is 79.9. The van der Waals surface area contributed by atoms with E-state index < -0.39 is 5.54 Å². The van der Waals surface area contributed by atoms with Crippen LogP contribution in [0.25, 0.3) is 0 Å². The van der Waals surface area contributed by atoms with Crippen LogP contribution in [0, 0.1) is 0 Å². The second kappa shape index (κ2) is 7.56. The zero-order chi connectivity index (χ0) is 16.0. The van der Waals surface area contributed by atoms with Crippen LogP contribution in [-0.4, -0.2) is 18.1 Å². The Balaban J connectivity index is 1.88. The van der Waals surface area contributed by atoms with Crippen molar-refractivity contribution in [2.45, 2.75) is 26.0 Å². The molecular formula is C18H20BrNO2. The lowest BCUT2D eigenvalue weighted by Crippen LogP contribution is -2.47. The minimum atomic E-state index is -0.443. The summed E-state index contributed by atoms with van der Waals surface area (Å²) in [5.41, 5.74) is 1.30. The van der Waals surface area contributed by atoms with Crippen LogP contribution in [-0.2, 0) is 11.3 Å². The van der Waals surface area contributed by atoms with Crippen LogP contribution in [0.5, 0.6) is 0 Å². The molecule has 0 bridgehead atoms. The van der Waals surface area contributed by atoms with Gasteiger partial charge in [-0.2, -0.15) is 0 Å². The molecule has 116 valence electrons. The van der Waals surface area contributed by atoms with Crippen molar-refractivity contribution in [3.63, 3.8) is 0 Å². The summed E-state index contributed by atoms with van der Waals surface area (Å²) in [6.07, 6.45) is 0. The van der Waals surface area contributed by atoms with E-state index in [0.29, 0.717) is 18.8 Å². The van der Waals surface area contributed by atoms with E-state index in [0.717, 1.165) is 10.0 Å². The summed E-state index contributed by atoms with van der Waals surface area (Å²) >= 11 is 3.40. The highest BCUT2D eigenvalue weighted by molar-refractivity contribution is 9.10. The molecule has 0 fully saturated rings. The number of ether oxygens (including phenoxy) is 1. The van der Waals surface area contributed by atoms with Gasteiger partial charge in [-0.15, -0.1) is 0 Å². The largest absolute Gasteiger partial charge is 0.374 e. The van der Waals surface area contributed by atoms with E-state index in [1.165, 1.54) is 0 Å². The van der Waals surface area contributed by atoms with Crippen LogP contribution in [0.15, 0.2) is 59.1 Å². The molecular weight excluding hydrogens is 342 g/mol. The van der Waals surface area contributed by atoms with Gasteiger partial charge >= 0.3 is 0 Å². The second-order valence-corrected chi connectivity index (χ2v) is 6.65. The third-order valence-corrected chi connectivity index (χ3v) is 3.84. The Morgan fingerprint density at radius 2 is 1.73 bits per heavy atom. The second-order valence-electron chi connectivity index (χ2n) is 5.80. The first-order valence-corrected chi connectivity index (χ1v) is 7.96. The van der Waals surface area contributed by atoms with Crippen LogP contribution >= 0.6 is 15.9 Å². The lowest BCUT2D eigenvalue weighted by molar-refractivity contribution is 0.0616. The molecule has 0 atom stereocenters. The number of benzene rings is 2. The Morgan fingerprint density at radius 1 is 1.09 bits per heavy atom. The topological polar surface area (TPSA) is 38.3 Å². The van der Waals surface area contributed by atoms with Gasteiger partial charge in [0.15, 0.2) is 0 Å². The first-order valence-electron chi connectivity index (χ1n) is 7.17. The molecule has 2 rings (SSSR count). The van der Waals surface area contributed by atoms with E-state index in [-0.39, 0.29) is 5.91 Å². The van der Waals surface area contributed by atoms with Crippen molar-refractivity contribution >= 4 is 21.8 Å². The Hall–Kier alpha value is -1.65. The molecule has 1 amide bonds. The van der Waals surface area contributed by atoms with Crippen molar-refractivity contribution in [2.24, 2.45) is 0 Å². The average molecular weight is 362 g/mol. The third-order valence-electron chi connectivity index (χ3n) is 3.14. The van der Waals surface area contributed by atoms with Gasteiger partial charge in [0, 0.05) is 4.47 Å². The van der Waals surface area contributed by atoms with Crippen LogP contribution in [0.1, 0.15) is 29.8 Å². The number of hydrogen-bond acceptors (Lipinski definition) is 2. The molecule has 0 aliphatic heterocycles. The summed E-state index contributed by atoms with van der Waals surface area (Å²) in [6.45, 7) is 4.88. The highest BCUT2D eigenvalue weighted by Gasteiger charge is 2.22. The Morgan fingerprint density at radius 3 is 2.41 bits per heavy atom. The number of hydrogen-bond donors (Lipinski definition) is 1.